The van der Waals surface area contributed by atoms with Gasteiger partial charge in [-0.1, -0.05) is 42.5 Å². The number of carbonyl (C=O) groups is 1. The quantitative estimate of drug-likeness (QED) is 0.609. The third kappa shape index (κ3) is 2.20. The van der Waals surface area contributed by atoms with Gasteiger partial charge in [-0.05, 0) is 22.8 Å². The topological polar surface area (TPSA) is 49.3 Å². The predicted octanol–water partition coefficient (Wildman–Crippen LogP) is 2.28. The zero-order valence-corrected chi connectivity index (χ0v) is 8.81. The van der Waals surface area contributed by atoms with E-state index < -0.39 is 0 Å². The average Bonchev–Trinajstić information content (AvgIpc) is 2.35. The zero-order chi connectivity index (χ0) is 11.4. The summed E-state index contributed by atoms with van der Waals surface area (Å²) in [6.07, 6.45) is 0.929. The minimum atomic E-state index is -0.354. The summed E-state index contributed by atoms with van der Waals surface area (Å²) >= 11 is 0. The number of amides is 1. The smallest absolute Gasteiger partial charge is 0.243 e. The van der Waals surface area contributed by atoms with Gasteiger partial charge in [0.2, 0.25) is 5.91 Å². The average molecular weight is 215 g/mol. The molecule has 2 aromatic carbocycles. The molecule has 82 valence electrons. The van der Waals surface area contributed by atoms with E-state index in [1.165, 1.54) is 5.39 Å². The van der Waals surface area contributed by atoms with Gasteiger partial charge in [0.1, 0.15) is 0 Å². The van der Waals surface area contributed by atoms with Crippen molar-refractivity contribution < 1.29 is 10.0 Å². The summed E-state index contributed by atoms with van der Waals surface area (Å²) in [5, 5.41) is 10.8. The maximum Gasteiger partial charge on any atom is 0.243 e. The fraction of sp³-hybridized carbons (Fsp3) is 0.154. The SMILES string of the molecule is O=C(CCc1cccc2ccccc12)NO. The Hall–Kier alpha value is -1.87. The lowest BCUT2D eigenvalue weighted by atomic mass is 10.0. The molecule has 3 heteroatoms. The standard InChI is InChI=1S/C13H13NO2/c15-13(14-16)9-8-11-6-3-5-10-4-1-2-7-12(10)11/h1-7,16H,8-9H2,(H,14,15). The fourth-order valence-corrected chi connectivity index (χ4v) is 1.81. The van der Waals surface area contributed by atoms with Crippen LogP contribution in [0.25, 0.3) is 10.8 Å². The summed E-state index contributed by atoms with van der Waals surface area (Å²) in [7, 11) is 0. The van der Waals surface area contributed by atoms with Crippen LogP contribution in [0.3, 0.4) is 0 Å². The van der Waals surface area contributed by atoms with E-state index >= 15 is 0 Å². The minimum absolute atomic E-state index is 0.296. The van der Waals surface area contributed by atoms with Crippen molar-refractivity contribution in [2.75, 3.05) is 0 Å². The van der Waals surface area contributed by atoms with Crippen molar-refractivity contribution in [3.8, 4) is 0 Å². The van der Waals surface area contributed by atoms with Crippen molar-refractivity contribution in [1.29, 1.82) is 0 Å². The predicted molar refractivity (Wildman–Crippen MR) is 62.2 cm³/mol. The Morgan fingerprint density at radius 2 is 1.88 bits per heavy atom. The van der Waals surface area contributed by atoms with Crippen LogP contribution in [-0.2, 0) is 11.2 Å². The molecule has 0 aliphatic carbocycles. The number of hydrogen-bond acceptors (Lipinski definition) is 2. The van der Waals surface area contributed by atoms with Gasteiger partial charge in [-0.2, -0.15) is 0 Å². The highest BCUT2D eigenvalue weighted by Crippen LogP contribution is 2.19. The molecule has 0 bridgehead atoms. The largest absolute Gasteiger partial charge is 0.289 e. The molecule has 0 unspecified atom stereocenters. The van der Waals surface area contributed by atoms with Gasteiger partial charge in [-0.3, -0.25) is 10.0 Å². The van der Waals surface area contributed by atoms with Crippen molar-refractivity contribution in [1.82, 2.24) is 5.48 Å². The number of benzene rings is 2. The Balaban J connectivity index is 2.27. The molecule has 0 atom stereocenters. The van der Waals surface area contributed by atoms with E-state index in [2.05, 4.69) is 0 Å². The molecule has 0 aromatic heterocycles. The van der Waals surface area contributed by atoms with Gasteiger partial charge < -0.3 is 0 Å². The van der Waals surface area contributed by atoms with E-state index in [1.54, 1.807) is 5.48 Å². The van der Waals surface area contributed by atoms with E-state index in [1.807, 2.05) is 42.5 Å². The lowest BCUT2D eigenvalue weighted by Crippen LogP contribution is -2.18. The van der Waals surface area contributed by atoms with Gasteiger partial charge in [-0.15, -0.1) is 0 Å². The van der Waals surface area contributed by atoms with Crippen LogP contribution in [-0.4, -0.2) is 11.1 Å². The highest BCUT2D eigenvalue weighted by Gasteiger charge is 2.03. The molecular weight excluding hydrogens is 202 g/mol. The molecule has 0 heterocycles. The number of carbonyl (C=O) groups excluding carboxylic acids is 1. The molecule has 2 rings (SSSR count). The Bertz CT molecular complexity index is 503. The molecule has 0 saturated carbocycles. The van der Waals surface area contributed by atoms with Crippen LogP contribution in [0.15, 0.2) is 42.5 Å². The van der Waals surface area contributed by atoms with Crippen molar-refractivity contribution in [2.45, 2.75) is 12.8 Å². The molecule has 0 spiro atoms. The van der Waals surface area contributed by atoms with Crippen LogP contribution in [0, 0.1) is 0 Å². The van der Waals surface area contributed by atoms with Crippen LogP contribution in [0.4, 0.5) is 0 Å². The van der Waals surface area contributed by atoms with E-state index in [4.69, 9.17) is 5.21 Å². The Kier molecular flexibility index (Phi) is 3.17. The first-order valence-electron chi connectivity index (χ1n) is 5.21. The Morgan fingerprint density at radius 3 is 2.69 bits per heavy atom. The maximum absolute atomic E-state index is 11.0. The second-order valence-electron chi connectivity index (χ2n) is 3.67. The van der Waals surface area contributed by atoms with Crippen LogP contribution >= 0.6 is 0 Å². The first-order chi connectivity index (χ1) is 7.81. The molecular formula is C13H13NO2. The molecule has 0 saturated heterocycles. The first-order valence-corrected chi connectivity index (χ1v) is 5.21. The lowest BCUT2D eigenvalue weighted by Gasteiger charge is -2.05. The van der Waals surface area contributed by atoms with E-state index in [0.29, 0.717) is 12.8 Å². The molecule has 0 aliphatic heterocycles. The van der Waals surface area contributed by atoms with Gasteiger partial charge in [0, 0.05) is 6.42 Å². The summed E-state index contributed by atoms with van der Waals surface area (Å²) in [4.78, 5) is 11.0. The molecule has 2 N–H and O–H groups in total. The van der Waals surface area contributed by atoms with Crippen LogP contribution in [0.1, 0.15) is 12.0 Å². The van der Waals surface area contributed by atoms with Gasteiger partial charge in [-0.25, -0.2) is 5.48 Å². The van der Waals surface area contributed by atoms with Crippen LogP contribution < -0.4 is 5.48 Å². The molecule has 16 heavy (non-hydrogen) atoms. The van der Waals surface area contributed by atoms with Gasteiger partial charge in [0.25, 0.3) is 0 Å². The second-order valence-corrected chi connectivity index (χ2v) is 3.67. The molecule has 0 radical (unpaired) electrons. The van der Waals surface area contributed by atoms with Crippen molar-refractivity contribution in [3.63, 3.8) is 0 Å². The third-order valence-electron chi connectivity index (χ3n) is 2.63. The van der Waals surface area contributed by atoms with E-state index in [0.717, 1.165) is 10.9 Å². The Labute approximate surface area is 93.7 Å². The number of rotatable bonds is 3. The van der Waals surface area contributed by atoms with Gasteiger partial charge >= 0.3 is 0 Å². The monoisotopic (exact) mass is 215 g/mol. The van der Waals surface area contributed by atoms with Crippen molar-refractivity contribution in [2.24, 2.45) is 0 Å². The summed E-state index contributed by atoms with van der Waals surface area (Å²) in [5.74, 6) is -0.354. The van der Waals surface area contributed by atoms with Crippen molar-refractivity contribution >= 4 is 16.7 Å². The number of hydroxylamine groups is 1. The molecule has 2 aromatic rings. The number of nitrogens with one attached hydrogen (secondary N) is 1. The maximum atomic E-state index is 11.0. The van der Waals surface area contributed by atoms with E-state index in [9.17, 15) is 4.79 Å². The second kappa shape index (κ2) is 4.77. The molecule has 1 amide bonds. The van der Waals surface area contributed by atoms with Crippen LogP contribution in [0.2, 0.25) is 0 Å². The summed E-state index contributed by atoms with van der Waals surface area (Å²) in [5.41, 5.74) is 2.77. The first kappa shape index (κ1) is 10.6. The zero-order valence-electron chi connectivity index (χ0n) is 8.81. The normalized spacial score (nSPS) is 10.3. The highest BCUT2D eigenvalue weighted by molar-refractivity contribution is 5.86. The fourth-order valence-electron chi connectivity index (χ4n) is 1.81. The number of aryl methyl sites for hydroxylation is 1. The highest BCUT2D eigenvalue weighted by atomic mass is 16.5. The summed E-state index contributed by atoms with van der Waals surface area (Å²) in [6, 6.07) is 14.1. The number of fused-ring (bicyclic) bond motifs is 1. The van der Waals surface area contributed by atoms with Crippen LogP contribution in [0.5, 0.6) is 0 Å². The Morgan fingerprint density at radius 1 is 1.12 bits per heavy atom. The lowest BCUT2D eigenvalue weighted by molar-refractivity contribution is -0.129. The molecule has 0 fully saturated rings. The summed E-state index contributed by atoms with van der Waals surface area (Å²) < 4.78 is 0. The van der Waals surface area contributed by atoms with E-state index in [-0.39, 0.29) is 5.91 Å². The number of hydrogen-bond donors (Lipinski definition) is 2. The third-order valence-corrected chi connectivity index (χ3v) is 2.63. The summed E-state index contributed by atoms with van der Waals surface area (Å²) in [6.45, 7) is 0. The molecule has 3 nitrogen and oxygen atoms in total. The molecule has 0 aliphatic rings. The van der Waals surface area contributed by atoms with Gasteiger partial charge in [0.15, 0.2) is 0 Å². The minimum Gasteiger partial charge on any atom is -0.289 e. The van der Waals surface area contributed by atoms with Gasteiger partial charge in [0.05, 0.1) is 0 Å². The van der Waals surface area contributed by atoms with Crippen molar-refractivity contribution in [3.05, 3.63) is 48.0 Å².